The Balaban J connectivity index is 1.40. The molecule has 0 aliphatic heterocycles. The molecule has 0 atom stereocenters. The number of aromatic nitrogens is 3. The van der Waals surface area contributed by atoms with Crippen LogP contribution in [-0.4, -0.2) is 32.4 Å². The van der Waals surface area contributed by atoms with Gasteiger partial charge in [0.25, 0.3) is 5.91 Å². The number of aryl methyl sites for hydroxylation is 2. The molecule has 1 heterocycles. The number of thioether (sulfide) groups is 1. The summed E-state index contributed by atoms with van der Waals surface area (Å²) in [6.45, 7) is 3.95. The number of benzene rings is 3. The van der Waals surface area contributed by atoms with E-state index in [0.29, 0.717) is 27.9 Å². The summed E-state index contributed by atoms with van der Waals surface area (Å²) in [5, 5.41) is 14.3. The summed E-state index contributed by atoms with van der Waals surface area (Å²) in [6, 6.07) is 22.2. The second-order valence-electron chi connectivity index (χ2n) is 7.75. The zero-order chi connectivity index (χ0) is 24.1. The van der Waals surface area contributed by atoms with E-state index in [1.165, 1.54) is 4.68 Å². The van der Waals surface area contributed by atoms with Crippen LogP contribution in [-0.2, 0) is 4.79 Å². The molecule has 4 aromatic rings. The van der Waals surface area contributed by atoms with Gasteiger partial charge in [-0.25, -0.2) is 4.68 Å². The number of hydrogen-bond donors (Lipinski definition) is 3. The Kier molecular flexibility index (Phi) is 6.93. The zero-order valence-electron chi connectivity index (χ0n) is 18.8. The molecule has 0 aliphatic rings. The van der Waals surface area contributed by atoms with E-state index < -0.39 is 0 Å². The van der Waals surface area contributed by atoms with Crippen LogP contribution in [0.2, 0.25) is 0 Å². The van der Waals surface area contributed by atoms with Crippen molar-refractivity contribution in [3.8, 4) is 11.4 Å². The number of carbonyl (C=O) groups excluding carboxylic acids is 2. The van der Waals surface area contributed by atoms with Crippen LogP contribution in [0.3, 0.4) is 0 Å². The van der Waals surface area contributed by atoms with Crippen molar-refractivity contribution in [2.24, 2.45) is 0 Å². The Morgan fingerprint density at radius 1 is 0.912 bits per heavy atom. The molecule has 0 saturated heterocycles. The van der Waals surface area contributed by atoms with Gasteiger partial charge in [-0.3, -0.25) is 9.59 Å². The van der Waals surface area contributed by atoms with E-state index in [1.54, 1.807) is 24.3 Å². The molecule has 1 aromatic heterocycles. The first-order valence-corrected chi connectivity index (χ1v) is 11.6. The van der Waals surface area contributed by atoms with Crippen molar-refractivity contribution < 1.29 is 9.59 Å². The van der Waals surface area contributed by atoms with E-state index in [0.717, 1.165) is 28.5 Å². The lowest BCUT2D eigenvalue weighted by Crippen LogP contribution is -2.20. The van der Waals surface area contributed by atoms with Crippen LogP contribution in [0.1, 0.15) is 21.5 Å². The summed E-state index contributed by atoms with van der Waals surface area (Å²) in [6.07, 6.45) is 0. The first kappa shape index (κ1) is 23.1. The fourth-order valence-electron chi connectivity index (χ4n) is 3.30. The van der Waals surface area contributed by atoms with Crippen LogP contribution in [0.15, 0.2) is 78.0 Å². The Bertz CT molecular complexity index is 1330. The van der Waals surface area contributed by atoms with Gasteiger partial charge in [-0.1, -0.05) is 65.9 Å². The first-order valence-electron chi connectivity index (χ1n) is 10.6. The Morgan fingerprint density at radius 2 is 1.68 bits per heavy atom. The van der Waals surface area contributed by atoms with E-state index in [2.05, 4.69) is 20.8 Å². The summed E-state index contributed by atoms with van der Waals surface area (Å²) in [5.41, 5.74) is 4.48. The molecule has 2 amide bonds. The molecule has 172 valence electrons. The highest BCUT2D eigenvalue weighted by Crippen LogP contribution is 2.23. The lowest BCUT2D eigenvalue weighted by molar-refractivity contribution is -0.113. The minimum atomic E-state index is -0.307. The molecule has 0 unspecified atom stereocenters. The molecule has 4 rings (SSSR count). The maximum atomic E-state index is 12.8. The largest absolute Gasteiger partial charge is 0.335 e. The maximum Gasteiger partial charge on any atom is 0.257 e. The summed E-state index contributed by atoms with van der Waals surface area (Å²) >= 11 is 1.16. The minimum absolute atomic E-state index is 0.0526. The third kappa shape index (κ3) is 5.44. The molecule has 0 bridgehead atoms. The Hall–Kier alpha value is -4.11. The van der Waals surface area contributed by atoms with Crippen LogP contribution in [0.25, 0.3) is 11.4 Å². The van der Waals surface area contributed by atoms with Crippen molar-refractivity contribution >= 4 is 35.0 Å². The average molecular weight is 473 g/mol. The Morgan fingerprint density at radius 3 is 2.44 bits per heavy atom. The summed E-state index contributed by atoms with van der Waals surface area (Å²) in [7, 11) is 0. The second-order valence-corrected chi connectivity index (χ2v) is 8.69. The fourth-order valence-corrected chi connectivity index (χ4v) is 3.96. The smallest absolute Gasteiger partial charge is 0.257 e. The van der Waals surface area contributed by atoms with Gasteiger partial charge >= 0.3 is 0 Å². The number of anilines is 2. The first-order chi connectivity index (χ1) is 16.4. The van der Waals surface area contributed by atoms with Gasteiger partial charge in [0.05, 0.1) is 17.0 Å². The lowest BCUT2D eigenvalue weighted by Gasteiger charge is -2.12. The van der Waals surface area contributed by atoms with E-state index in [-0.39, 0.29) is 17.6 Å². The third-order valence-corrected chi connectivity index (χ3v) is 5.97. The van der Waals surface area contributed by atoms with Gasteiger partial charge in [-0.15, -0.1) is 10.2 Å². The van der Waals surface area contributed by atoms with Crippen molar-refractivity contribution in [2.45, 2.75) is 19.0 Å². The van der Waals surface area contributed by atoms with Crippen LogP contribution in [0.5, 0.6) is 0 Å². The van der Waals surface area contributed by atoms with Gasteiger partial charge in [-0.05, 0) is 43.7 Å². The predicted molar refractivity (Wildman–Crippen MR) is 135 cm³/mol. The van der Waals surface area contributed by atoms with Crippen molar-refractivity contribution in [2.75, 3.05) is 22.2 Å². The number of para-hydroxylation sites is 1. The number of nitrogen functional groups attached to an aromatic ring is 1. The predicted octanol–water partition coefficient (Wildman–Crippen LogP) is 4.26. The van der Waals surface area contributed by atoms with Gasteiger partial charge in [-0.2, -0.15) is 0 Å². The molecule has 3 aromatic carbocycles. The van der Waals surface area contributed by atoms with E-state index in [9.17, 15) is 9.59 Å². The molecule has 4 N–H and O–H groups in total. The number of nitrogens with one attached hydrogen (secondary N) is 2. The molecule has 0 fully saturated rings. The van der Waals surface area contributed by atoms with Crippen molar-refractivity contribution in [1.29, 1.82) is 0 Å². The van der Waals surface area contributed by atoms with Crippen LogP contribution >= 0.6 is 11.8 Å². The zero-order valence-corrected chi connectivity index (χ0v) is 19.6. The number of nitrogens with zero attached hydrogens (tertiary/aromatic N) is 3. The van der Waals surface area contributed by atoms with Crippen LogP contribution in [0, 0.1) is 13.8 Å². The van der Waals surface area contributed by atoms with Gasteiger partial charge in [0.15, 0.2) is 5.82 Å². The summed E-state index contributed by atoms with van der Waals surface area (Å²) in [5.74, 6) is 6.12. The average Bonchev–Trinajstić information content (AvgIpc) is 3.19. The van der Waals surface area contributed by atoms with Crippen molar-refractivity contribution in [1.82, 2.24) is 14.9 Å². The molecule has 0 saturated carbocycles. The summed E-state index contributed by atoms with van der Waals surface area (Å²) in [4.78, 5) is 25.4. The van der Waals surface area contributed by atoms with Crippen LogP contribution in [0.4, 0.5) is 11.4 Å². The third-order valence-electron chi connectivity index (χ3n) is 5.03. The molecule has 0 spiro atoms. The highest BCUT2D eigenvalue weighted by molar-refractivity contribution is 7.99. The summed E-state index contributed by atoms with van der Waals surface area (Å²) < 4.78 is 1.37. The van der Waals surface area contributed by atoms with Gasteiger partial charge in [0.2, 0.25) is 11.1 Å². The number of hydrogen-bond acceptors (Lipinski definition) is 6. The van der Waals surface area contributed by atoms with Crippen molar-refractivity contribution in [3.05, 3.63) is 89.5 Å². The van der Waals surface area contributed by atoms with E-state index >= 15 is 0 Å². The minimum Gasteiger partial charge on any atom is -0.335 e. The molecule has 0 radical (unpaired) electrons. The van der Waals surface area contributed by atoms with Crippen LogP contribution < -0.4 is 16.5 Å². The van der Waals surface area contributed by atoms with Gasteiger partial charge in [0, 0.05) is 11.3 Å². The molecular formula is C25H24N6O2S. The quantitative estimate of drug-likeness (QED) is 0.273. The number of nitrogens with two attached hydrogens (primary N) is 1. The highest BCUT2D eigenvalue weighted by atomic mass is 32.2. The lowest BCUT2D eigenvalue weighted by atomic mass is 10.1. The SMILES string of the molecule is Cc1ccc(-c2nnc(SCC(=O)Nc3ccccc3C(=O)Nc3cccc(C)c3)n2N)cc1. The van der Waals surface area contributed by atoms with E-state index in [1.807, 2.05) is 62.4 Å². The number of amides is 2. The molecule has 0 aliphatic carbocycles. The monoisotopic (exact) mass is 472 g/mol. The Labute approximate surface area is 201 Å². The number of carbonyl (C=O) groups is 2. The molecule has 8 nitrogen and oxygen atoms in total. The normalized spacial score (nSPS) is 10.6. The molecule has 34 heavy (non-hydrogen) atoms. The molecular weight excluding hydrogens is 448 g/mol. The number of rotatable bonds is 7. The fraction of sp³-hybridized carbons (Fsp3) is 0.120. The topological polar surface area (TPSA) is 115 Å². The molecule has 9 heteroatoms. The maximum absolute atomic E-state index is 12.8. The van der Waals surface area contributed by atoms with Gasteiger partial charge < -0.3 is 16.5 Å². The standard InChI is InChI=1S/C25H24N6O2S/c1-16-10-12-18(13-11-16)23-29-30-25(31(23)26)34-15-22(32)28-21-9-4-3-8-20(21)24(33)27-19-7-5-6-17(2)14-19/h3-14H,15,26H2,1-2H3,(H,27,33)(H,28,32). The second kappa shape index (κ2) is 10.2. The van der Waals surface area contributed by atoms with Gasteiger partial charge in [0.1, 0.15) is 0 Å². The van der Waals surface area contributed by atoms with E-state index in [4.69, 9.17) is 5.84 Å². The highest BCUT2D eigenvalue weighted by Gasteiger charge is 2.16. The van der Waals surface area contributed by atoms with Crippen molar-refractivity contribution in [3.63, 3.8) is 0 Å².